The van der Waals surface area contributed by atoms with E-state index in [1.807, 2.05) is 97.0 Å². The molecule has 0 aliphatic carbocycles. The Morgan fingerprint density at radius 2 is 1.38 bits per heavy atom. The zero-order valence-corrected chi connectivity index (χ0v) is 36.4. The average molecular weight is 838 g/mol. The van der Waals surface area contributed by atoms with Gasteiger partial charge in [0.25, 0.3) is 11.8 Å². The molecule has 320 valence electrons. The quantitative estimate of drug-likeness (QED) is 0.117. The fraction of sp³-hybridized carbons (Fsp3) is 0.308. The molecule has 6 heterocycles. The van der Waals surface area contributed by atoms with Gasteiger partial charge in [-0.05, 0) is 137 Å². The molecule has 0 radical (unpaired) electrons. The smallest absolute Gasteiger partial charge is 0.255 e. The Morgan fingerprint density at radius 3 is 2.06 bits per heavy atom. The van der Waals surface area contributed by atoms with E-state index in [9.17, 15) is 9.59 Å². The second-order valence-corrected chi connectivity index (χ2v) is 17.0. The minimum absolute atomic E-state index is 0.0672. The molecule has 9 rings (SSSR count). The number of benzene rings is 3. The van der Waals surface area contributed by atoms with E-state index in [2.05, 4.69) is 62.1 Å². The van der Waals surface area contributed by atoms with E-state index >= 15 is 0 Å². The van der Waals surface area contributed by atoms with Gasteiger partial charge in [0.15, 0.2) is 0 Å². The summed E-state index contributed by atoms with van der Waals surface area (Å²) in [6.07, 6.45) is 11.0. The summed E-state index contributed by atoms with van der Waals surface area (Å²) in [5.74, 6) is -0.0966. The minimum atomic E-state index is -0.164. The van der Waals surface area contributed by atoms with Gasteiger partial charge < -0.3 is 15.2 Å². The van der Waals surface area contributed by atoms with Crippen molar-refractivity contribution in [3.05, 3.63) is 161 Å². The number of pyridine rings is 2. The number of aromatic nitrogens is 5. The zero-order valence-electron chi connectivity index (χ0n) is 36.4. The first-order valence-electron chi connectivity index (χ1n) is 22.3. The highest BCUT2D eigenvalue weighted by molar-refractivity contribution is 6.05. The third-order valence-electron chi connectivity index (χ3n) is 13.0. The Balaban J connectivity index is 0.802. The summed E-state index contributed by atoms with van der Waals surface area (Å²) in [6, 6.07) is 34.0. The summed E-state index contributed by atoms with van der Waals surface area (Å²) in [6.45, 7) is 11.6. The van der Waals surface area contributed by atoms with E-state index in [4.69, 9.17) is 9.97 Å². The van der Waals surface area contributed by atoms with E-state index in [0.717, 1.165) is 104 Å². The Hall–Kier alpha value is -6.56. The van der Waals surface area contributed by atoms with E-state index in [1.165, 1.54) is 28.9 Å². The third-order valence-corrected chi connectivity index (χ3v) is 13.0. The number of H-pyrrole nitrogens is 1. The van der Waals surface area contributed by atoms with Gasteiger partial charge >= 0.3 is 0 Å². The van der Waals surface area contributed by atoms with Gasteiger partial charge in [-0.25, -0.2) is 9.97 Å². The number of nitrogens with one attached hydrogen (secondary N) is 2. The molecule has 11 nitrogen and oxygen atoms in total. The molecule has 2 aliphatic heterocycles. The van der Waals surface area contributed by atoms with E-state index in [0.29, 0.717) is 28.9 Å². The van der Waals surface area contributed by atoms with E-state index in [-0.39, 0.29) is 11.8 Å². The van der Waals surface area contributed by atoms with Gasteiger partial charge in [-0.1, -0.05) is 54.6 Å². The summed E-state index contributed by atoms with van der Waals surface area (Å²) >= 11 is 0. The largest absolute Gasteiger partial charge is 0.339 e. The maximum absolute atomic E-state index is 13.7. The number of hydrogen-bond acceptors (Lipinski definition) is 8. The predicted molar refractivity (Wildman–Crippen MR) is 249 cm³/mol. The highest BCUT2D eigenvalue weighted by Crippen LogP contribution is 2.42. The van der Waals surface area contributed by atoms with Crippen LogP contribution in [0.2, 0.25) is 0 Å². The van der Waals surface area contributed by atoms with Crippen LogP contribution in [0.25, 0.3) is 33.5 Å². The monoisotopic (exact) mass is 837 g/mol. The Bertz CT molecular complexity index is 2650. The van der Waals surface area contributed by atoms with Crippen LogP contribution in [0.4, 0.5) is 5.69 Å². The van der Waals surface area contributed by atoms with Crippen molar-refractivity contribution < 1.29 is 9.59 Å². The van der Waals surface area contributed by atoms with Crippen LogP contribution in [0.1, 0.15) is 93.0 Å². The number of nitrogens with zero attached hydrogens (tertiary/aromatic N) is 7. The fourth-order valence-corrected chi connectivity index (χ4v) is 9.55. The van der Waals surface area contributed by atoms with Gasteiger partial charge in [-0.15, -0.1) is 0 Å². The zero-order chi connectivity index (χ0) is 43.3. The fourth-order valence-electron chi connectivity index (χ4n) is 9.55. The van der Waals surface area contributed by atoms with Crippen LogP contribution in [0, 0.1) is 20.8 Å². The number of piperidine rings is 1. The first-order chi connectivity index (χ1) is 30.8. The van der Waals surface area contributed by atoms with Crippen LogP contribution in [0.5, 0.6) is 0 Å². The van der Waals surface area contributed by atoms with Crippen LogP contribution in [-0.4, -0.2) is 90.7 Å². The lowest BCUT2D eigenvalue weighted by Crippen LogP contribution is -2.48. The summed E-state index contributed by atoms with van der Waals surface area (Å²) in [5.41, 5.74) is 12.1. The molecule has 2 aliphatic rings. The lowest BCUT2D eigenvalue weighted by molar-refractivity contribution is 0.0614. The summed E-state index contributed by atoms with van der Waals surface area (Å²) in [7, 11) is 0. The number of carbonyl (C=O) groups excluding carboxylic acids is 2. The van der Waals surface area contributed by atoms with Crippen LogP contribution in [-0.2, 0) is 0 Å². The third kappa shape index (κ3) is 9.03. The highest BCUT2D eigenvalue weighted by atomic mass is 16.2. The first kappa shape index (κ1) is 41.8. The molecule has 11 heteroatoms. The van der Waals surface area contributed by atoms with Gasteiger partial charge in [0.1, 0.15) is 12.0 Å². The molecule has 7 aromatic rings. The first-order valence-corrected chi connectivity index (χ1v) is 22.3. The molecule has 2 N–H and O–H groups in total. The molecule has 0 spiro atoms. The van der Waals surface area contributed by atoms with Crippen LogP contribution in [0.15, 0.2) is 122 Å². The number of aromatic amines is 1. The number of amides is 2. The topological polar surface area (TPSA) is 123 Å². The molecule has 2 atom stereocenters. The standard InChI is InChI=1S/C52H55N9O2/c1-35-13-11-25-53-47(35)45-19-10-20-46(48-36(2)14-12-26-54-48)61(45)28-8-7-27-59-29-31-60(32-30-59)52(63)40-23-21-38(22-24-40)44-33-42-49(55-34-56-50(42)57-44)41-17-9-18-43(37(41)3)58-51(62)39-15-5-4-6-16-39/h4-6,9,11-18,21-26,33-34,45-46H,7-8,10,19-20,27-32H2,1-3H3,(H,58,62)(H,55,56,57)/t45-,46+. The van der Waals surface area contributed by atoms with E-state index < -0.39 is 0 Å². The van der Waals surface area contributed by atoms with Crippen molar-refractivity contribution in [2.75, 3.05) is 44.6 Å². The molecule has 0 saturated carbocycles. The molecule has 4 aromatic heterocycles. The number of piperazine rings is 1. The molecule has 0 unspecified atom stereocenters. The van der Waals surface area contributed by atoms with Crippen molar-refractivity contribution in [3.63, 3.8) is 0 Å². The predicted octanol–water partition coefficient (Wildman–Crippen LogP) is 9.77. The number of hydrogen-bond donors (Lipinski definition) is 2. The SMILES string of the molecule is Cc1cccnc1[C@H]1CCC[C@@H](c2ncccc2C)N1CCCCN1CCN(C(=O)c2ccc(-c3cc4c(-c5cccc(NC(=O)c6ccccc6)c5C)ncnc4[nH]3)cc2)CC1. The summed E-state index contributed by atoms with van der Waals surface area (Å²) < 4.78 is 0. The number of aryl methyl sites for hydroxylation is 2. The number of carbonyl (C=O) groups is 2. The van der Waals surface area contributed by atoms with Crippen LogP contribution in [0.3, 0.4) is 0 Å². The molecular formula is C52H55N9O2. The molecular weight excluding hydrogens is 783 g/mol. The highest BCUT2D eigenvalue weighted by Gasteiger charge is 2.35. The summed E-state index contributed by atoms with van der Waals surface area (Å²) in [5, 5.41) is 3.94. The van der Waals surface area contributed by atoms with Crippen molar-refractivity contribution >= 4 is 28.5 Å². The number of rotatable bonds is 12. The van der Waals surface area contributed by atoms with Gasteiger partial charge in [0.05, 0.1) is 29.2 Å². The molecule has 0 bridgehead atoms. The molecule has 2 fully saturated rings. The number of likely N-dealkylation sites (tertiary alicyclic amines) is 1. The average Bonchev–Trinajstić information content (AvgIpc) is 3.77. The summed E-state index contributed by atoms with van der Waals surface area (Å²) in [4.78, 5) is 56.3. The second kappa shape index (κ2) is 18.8. The van der Waals surface area contributed by atoms with Crippen molar-refractivity contribution in [1.82, 2.24) is 39.6 Å². The molecule has 63 heavy (non-hydrogen) atoms. The lowest BCUT2D eigenvalue weighted by atomic mass is 9.88. The molecule has 2 saturated heterocycles. The van der Waals surface area contributed by atoms with Crippen LogP contribution < -0.4 is 5.32 Å². The number of fused-ring (bicyclic) bond motifs is 1. The Labute approximate surface area is 369 Å². The second-order valence-electron chi connectivity index (χ2n) is 17.0. The Morgan fingerprint density at radius 1 is 0.698 bits per heavy atom. The maximum atomic E-state index is 13.7. The Kier molecular flexibility index (Phi) is 12.5. The van der Waals surface area contributed by atoms with Gasteiger partial charge in [0, 0.05) is 72.0 Å². The van der Waals surface area contributed by atoms with Gasteiger partial charge in [-0.3, -0.25) is 29.4 Å². The lowest BCUT2D eigenvalue weighted by Gasteiger charge is -2.42. The normalized spacial score (nSPS) is 17.2. The number of anilines is 1. The maximum Gasteiger partial charge on any atom is 0.255 e. The van der Waals surface area contributed by atoms with Crippen molar-refractivity contribution in [3.8, 4) is 22.5 Å². The van der Waals surface area contributed by atoms with Gasteiger partial charge in [-0.2, -0.15) is 0 Å². The molecule has 2 amide bonds. The van der Waals surface area contributed by atoms with Crippen LogP contribution >= 0.6 is 0 Å². The van der Waals surface area contributed by atoms with Gasteiger partial charge in [0.2, 0.25) is 0 Å². The van der Waals surface area contributed by atoms with Crippen molar-refractivity contribution in [1.29, 1.82) is 0 Å². The molecule has 3 aromatic carbocycles. The van der Waals surface area contributed by atoms with E-state index in [1.54, 1.807) is 18.5 Å². The minimum Gasteiger partial charge on any atom is -0.339 e. The number of unbranched alkanes of at least 4 members (excludes halogenated alkanes) is 1. The van der Waals surface area contributed by atoms with Crippen molar-refractivity contribution in [2.24, 2.45) is 0 Å². The van der Waals surface area contributed by atoms with Crippen molar-refractivity contribution in [2.45, 2.75) is 65.0 Å².